The van der Waals surface area contributed by atoms with Gasteiger partial charge in [0.15, 0.2) is 17.5 Å². The summed E-state index contributed by atoms with van der Waals surface area (Å²) in [6, 6.07) is 10.9. The lowest BCUT2D eigenvalue weighted by atomic mass is 10.1. The Kier molecular flexibility index (Phi) is 7.54. The summed E-state index contributed by atoms with van der Waals surface area (Å²) in [7, 11) is 4.35. The molecule has 0 aliphatic rings. The van der Waals surface area contributed by atoms with Crippen LogP contribution in [0, 0.1) is 6.92 Å². The minimum absolute atomic E-state index is 0.207. The lowest BCUT2D eigenvalue weighted by Gasteiger charge is -2.32. The summed E-state index contributed by atoms with van der Waals surface area (Å²) >= 11 is 5.85. The van der Waals surface area contributed by atoms with Gasteiger partial charge in [0.1, 0.15) is 0 Å². The first-order chi connectivity index (χ1) is 12.4. The van der Waals surface area contributed by atoms with Crippen LogP contribution in [-0.4, -0.2) is 37.2 Å². The van der Waals surface area contributed by atoms with Crippen LogP contribution >= 0.6 is 12.2 Å². The van der Waals surface area contributed by atoms with Gasteiger partial charge in [-0.25, -0.2) is 4.98 Å². The number of aryl methyl sites for hydroxylation is 2. The highest BCUT2D eigenvalue weighted by Gasteiger charge is 2.21. The van der Waals surface area contributed by atoms with Crippen LogP contribution in [0.3, 0.4) is 0 Å². The standard InChI is InChI=1S/C21H30N4S/c1-6-18-9-7-8-16(2)20(18)23-21(26)25(15-14-24(4)5)17(3)19-10-12-22-13-11-19/h7-13,17H,6,14-15H2,1-5H3,(H,23,26)/p+2. The maximum absolute atomic E-state index is 5.85. The molecular weight excluding hydrogens is 340 g/mol. The summed E-state index contributed by atoms with van der Waals surface area (Å²) in [5.41, 5.74) is 4.93. The van der Waals surface area contributed by atoms with Crippen LogP contribution in [0.1, 0.15) is 36.6 Å². The third-order valence-corrected chi connectivity index (χ3v) is 5.12. The van der Waals surface area contributed by atoms with Crippen molar-refractivity contribution in [2.75, 3.05) is 32.5 Å². The molecule has 0 radical (unpaired) electrons. The van der Waals surface area contributed by atoms with E-state index in [1.165, 1.54) is 21.6 Å². The first kappa shape index (κ1) is 20.3. The van der Waals surface area contributed by atoms with E-state index < -0.39 is 0 Å². The third-order valence-electron chi connectivity index (χ3n) is 4.78. The average molecular weight is 373 g/mol. The molecule has 2 rings (SSSR count). The molecule has 26 heavy (non-hydrogen) atoms. The predicted molar refractivity (Wildman–Crippen MR) is 113 cm³/mol. The normalized spacial score (nSPS) is 12.1. The number of benzene rings is 1. The molecule has 2 aromatic rings. The van der Waals surface area contributed by atoms with Crippen molar-refractivity contribution < 1.29 is 9.88 Å². The molecule has 0 aliphatic heterocycles. The van der Waals surface area contributed by atoms with Gasteiger partial charge in [-0.05, 0) is 49.2 Å². The molecule has 3 N–H and O–H groups in total. The minimum Gasteiger partial charge on any atom is -0.338 e. The van der Waals surface area contributed by atoms with Gasteiger partial charge in [-0.3, -0.25) is 0 Å². The number of rotatable bonds is 7. The number of hydrogen-bond acceptors (Lipinski definition) is 1. The highest BCUT2D eigenvalue weighted by atomic mass is 32.1. The quantitative estimate of drug-likeness (QED) is 0.732. The number of likely N-dealkylation sites (N-methyl/N-ethyl adjacent to an activating group) is 1. The molecule has 1 atom stereocenters. The van der Waals surface area contributed by atoms with Crippen LogP contribution in [0.4, 0.5) is 5.69 Å². The van der Waals surface area contributed by atoms with E-state index in [4.69, 9.17) is 12.2 Å². The van der Waals surface area contributed by atoms with Crippen LogP contribution in [0.25, 0.3) is 0 Å². The Labute approximate surface area is 163 Å². The van der Waals surface area contributed by atoms with Gasteiger partial charge in [0.05, 0.1) is 33.2 Å². The Hall–Kier alpha value is -1.98. The Balaban J connectivity index is 2.26. The number of thiocarbonyl (C=S) groups is 1. The summed E-state index contributed by atoms with van der Waals surface area (Å²) < 4.78 is 0. The second-order valence-electron chi connectivity index (χ2n) is 7.05. The fourth-order valence-corrected chi connectivity index (χ4v) is 3.41. The summed E-state index contributed by atoms with van der Waals surface area (Å²) in [6.45, 7) is 8.46. The molecule has 140 valence electrons. The number of aromatic nitrogens is 1. The van der Waals surface area contributed by atoms with Crippen molar-refractivity contribution in [3.63, 3.8) is 0 Å². The molecule has 1 heterocycles. The Morgan fingerprint density at radius 1 is 1.23 bits per heavy atom. The number of quaternary nitrogens is 1. The molecule has 0 aliphatic carbocycles. The second-order valence-corrected chi connectivity index (χ2v) is 7.44. The van der Waals surface area contributed by atoms with Gasteiger partial charge in [0, 0.05) is 17.8 Å². The van der Waals surface area contributed by atoms with Crippen molar-refractivity contribution in [3.8, 4) is 0 Å². The zero-order chi connectivity index (χ0) is 19.1. The highest BCUT2D eigenvalue weighted by Crippen LogP contribution is 2.24. The number of H-pyrrole nitrogens is 1. The molecule has 0 spiro atoms. The van der Waals surface area contributed by atoms with Crippen molar-refractivity contribution >= 4 is 23.0 Å². The lowest BCUT2D eigenvalue weighted by Crippen LogP contribution is -3.06. The summed E-state index contributed by atoms with van der Waals surface area (Å²) in [5, 5.41) is 4.33. The molecule has 4 nitrogen and oxygen atoms in total. The fourth-order valence-electron chi connectivity index (χ4n) is 3.05. The maximum atomic E-state index is 5.85. The van der Waals surface area contributed by atoms with Gasteiger partial charge in [-0.1, -0.05) is 25.1 Å². The van der Waals surface area contributed by atoms with Crippen LogP contribution < -0.4 is 15.2 Å². The largest absolute Gasteiger partial charge is 0.338 e. The van der Waals surface area contributed by atoms with Gasteiger partial charge in [0.2, 0.25) is 0 Å². The van der Waals surface area contributed by atoms with Crippen LogP contribution in [0.15, 0.2) is 42.7 Å². The monoisotopic (exact) mass is 372 g/mol. The highest BCUT2D eigenvalue weighted by molar-refractivity contribution is 7.80. The fraction of sp³-hybridized carbons (Fsp3) is 0.429. The van der Waals surface area contributed by atoms with Crippen molar-refractivity contribution in [3.05, 3.63) is 59.4 Å². The van der Waals surface area contributed by atoms with E-state index in [0.29, 0.717) is 0 Å². The van der Waals surface area contributed by atoms with Crippen molar-refractivity contribution in [2.24, 2.45) is 0 Å². The Bertz CT molecular complexity index is 715. The van der Waals surface area contributed by atoms with Crippen LogP contribution in [0.2, 0.25) is 0 Å². The number of anilines is 1. The molecule has 1 aromatic carbocycles. The van der Waals surface area contributed by atoms with E-state index >= 15 is 0 Å². The maximum Gasteiger partial charge on any atom is 0.174 e. The smallest absolute Gasteiger partial charge is 0.174 e. The number of pyridine rings is 1. The van der Waals surface area contributed by atoms with E-state index in [-0.39, 0.29) is 6.04 Å². The first-order valence-corrected chi connectivity index (χ1v) is 9.76. The zero-order valence-corrected chi connectivity index (χ0v) is 17.4. The summed E-state index contributed by atoms with van der Waals surface area (Å²) in [4.78, 5) is 6.81. The van der Waals surface area contributed by atoms with E-state index in [9.17, 15) is 0 Å². The molecule has 1 unspecified atom stereocenters. The van der Waals surface area contributed by atoms with E-state index in [2.05, 4.69) is 80.4 Å². The molecule has 0 fully saturated rings. The van der Waals surface area contributed by atoms with E-state index in [1.54, 1.807) is 0 Å². The summed E-state index contributed by atoms with van der Waals surface area (Å²) in [5.74, 6) is 0. The van der Waals surface area contributed by atoms with Gasteiger partial charge < -0.3 is 15.1 Å². The van der Waals surface area contributed by atoms with E-state index in [1.807, 2.05) is 12.4 Å². The molecule has 0 bridgehead atoms. The topological polar surface area (TPSA) is 33.9 Å². The molecule has 5 heteroatoms. The number of nitrogens with zero attached hydrogens (tertiary/aromatic N) is 1. The molecular formula is C21H32N4S+2. The van der Waals surface area contributed by atoms with Crippen molar-refractivity contribution in [1.29, 1.82) is 0 Å². The minimum atomic E-state index is 0.207. The number of nitrogens with one attached hydrogen (secondary N) is 3. The van der Waals surface area contributed by atoms with Crippen molar-refractivity contribution in [1.82, 2.24) is 4.90 Å². The van der Waals surface area contributed by atoms with E-state index in [0.717, 1.165) is 30.3 Å². The van der Waals surface area contributed by atoms with Gasteiger partial charge in [0.25, 0.3) is 0 Å². The Morgan fingerprint density at radius 2 is 1.92 bits per heavy atom. The third kappa shape index (κ3) is 5.26. The zero-order valence-electron chi connectivity index (χ0n) is 16.6. The average Bonchev–Trinajstić information content (AvgIpc) is 2.63. The number of aromatic amines is 1. The van der Waals surface area contributed by atoms with Crippen molar-refractivity contribution in [2.45, 2.75) is 33.2 Å². The molecule has 0 saturated carbocycles. The van der Waals surface area contributed by atoms with Crippen LogP contribution in [-0.2, 0) is 6.42 Å². The van der Waals surface area contributed by atoms with Crippen LogP contribution in [0.5, 0.6) is 0 Å². The predicted octanol–water partition coefficient (Wildman–Crippen LogP) is 2.28. The number of para-hydroxylation sites is 1. The molecule has 0 saturated heterocycles. The lowest BCUT2D eigenvalue weighted by molar-refractivity contribution is -0.857. The molecule has 1 aromatic heterocycles. The molecule has 0 amide bonds. The van der Waals surface area contributed by atoms with Gasteiger partial charge in [-0.15, -0.1) is 0 Å². The van der Waals surface area contributed by atoms with Gasteiger partial charge >= 0.3 is 0 Å². The summed E-state index contributed by atoms with van der Waals surface area (Å²) in [6.07, 6.45) is 4.92. The second kappa shape index (κ2) is 9.64. The van der Waals surface area contributed by atoms with Gasteiger partial charge in [-0.2, -0.15) is 0 Å². The number of hydrogen-bond donors (Lipinski definition) is 2. The Morgan fingerprint density at radius 3 is 2.54 bits per heavy atom. The SMILES string of the molecule is CCc1cccc(C)c1NC(=S)N(CC[NH+](C)C)C(C)c1cc[nH+]cc1. The first-order valence-electron chi connectivity index (χ1n) is 9.35.